The molecule has 6 heteroatoms. The topological polar surface area (TPSA) is 72.4 Å². The number of hydrogen-bond acceptors (Lipinski definition) is 5. The van der Waals surface area contributed by atoms with E-state index in [1.54, 1.807) is 10.9 Å². The molecule has 0 N–H and O–H groups in total. The van der Waals surface area contributed by atoms with Gasteiger partial charge in [-0.25, -0.2) is 9.67 Å². The number of aromatic nitrogens is 2. The lowest BCUT2D eigenvalue weighted by molar-refractivity contribution is 0.171. The van der Waals surface area contributed by atoms with Crippen LogP contribution in [0.3, 0.4) is 0 Å². The summed E-state index contributed by atoms with van der Waals surface area (Å²) in [4.78, 5) is 4.59. The van der Waals surface area contributed by atoms with E-state index in [2.05, 4.69) is 16.2 Å². The number of benzene rings is 1. The molecule has 0 aliphatic carbocycles. The molecule has 2 aliphatic heterocycles. The number of nitrogens with zero attached hydrogens (tertiary/aromatic N) is 4. The molecule has 0 fully saturated rings. The number of fused-ring (bicyclic) bond motifs is 2. The first-order chi connectivity index (χ1) is 10.3. The van der Waals surface area contributed by atoms with Crippen molar-refractivity contribution in [2.75, 3.05) is 13.2 Å². The zero-order chi connectivity index (χ0) is 14.2. The summed E-state index contributed by atoms with van der Waals surface area (Å²) in [7, 11) is 0. The Hall–Kier alpha value is -2.81. The lowest BCUT2D eigenvalue weighted by atomic mass is 10.1. The van der Waals surface area contributed by atoms with Gasteiger partial charge in [0.05, 0.1) is 11.9 Å². The Bertz CT molecular complexity index is 785. The molecule has 6 nitrogen and oxygen atoms in total. The Morgan fingerprint density at radius 2 is 2.05 bits per heavy atom. The van der Waals surface area contributed by atoms with Crippen molar-refractivity contribution in [1.82, 2.24) is 9.78 Å². The Morgan fingerprint density at radius 1 is 1.19 bits per heavy atom. The first kappa shape index (κ1) is 12.0. The van der Waals surface area contributed by atoms with Crippen LogP contribution < -0.4 is 9.47 Å². The van der Waals surface area contributed by atoms with Crippen LogP contribution in [0.2, 0.25) is 0 Å². The predicted octanol–water partition coefficient (Wildman–Crippen LogP) is 2.05. The third-order valence-corrected chi connectivity index (χ3v) is 3.61. The molecule has 0 amide bonds. The summed E-state index contributed by atoms with van der Waals surface area (Å²) in [6.07, 6.45) is 2.34. The highest BCUT2D eigenvalue weighted by molar-refractivity contribution is 6.03. The molecule has 0 radical (unpaired) electrons. The van der Waals surface area contributed by atoms with Crippen molar-refractivity contribution >= 4 is 11.5 Å². The summed E-state index contributed by atoms with van der Waals surface area (Å²) in [5, 5.41) is 13.3. The van der Waals surface area contributed by atoms with Gasteiger partial charge in [0.2, 0.25) is 0 Å². The molecule has 2 aromatic rings. The van der Waals surface area contributed by atoms with Gasteiger partial charge >= 0.3 is 0 Å². The van der Waals surface area contributed by atoms with E-state index in [1.165, 1.54) is 0 Å². The molecule has 1 aromatic heterocycles. The molecule has 3 heterocycles. The zero-order valence-corrected chi connectivity index (χ0v) is 11.2. The molecule has 104 valence electrons. The van der Waals surface area contributed by atoms with Crippen molar-refractivity contribution in [2.24, 2.45) is 4.99 Å². The van der Waals surface area contributed by atoms with Crippen LogP contribution in [0, 0.1) is 11.3 Å². The lowest BCUT2D eigenvalue weighted by Crippen LogP contribution is -2.17. The first-order valence-corrected chi connectivity index (χ1v) is 6.78. The maximum absolute atomic E-state index is 9.09. The largest absolute Gasteiger partial charge is 0.486 e. The highest BCUT2D eigenvalue weighted by atomic mass is 16.6. The van der Waals surface area contributed by atoms with Gasteiger partial charge in [0, 0.05) is 18.5 Å². The average Bonchev–Trinajstić information content (AvgIpc) is 2.96. The number of aryl methyl sites for hydroxylation is 1. The Morgan fingerprint density at radius 3 is 2.90 bits per heavy atom. The minimum atomic E-state index is 0.504. The van der Waals surface area contributed by atoms with Crippen molar-refractivity contribution < 1.29 is 9.47 Å². The third kappa shape index (κ3) is 1.94. The highest BCUT2D eigenvalue weighted by Crippen LogP contribution is 2.32. The quantitative estimate of drug-likeness (QED) is 0.801. The maximum atomic E-state index is 9.09. The average molecular weight is 280 g/mol. The molecule has 1 aromatic carbocycles. The first-order valence-electron chi connectivity index (χ1n) is 6.78. The number of ether oxygens (including phenoxy) is 2. The summed E-state index contributed by atoms with van der Waals surface area (Å²) >= 11 is 0. The van der Waals surface area contributed by atoms with Crippen LogP contribution in [0.15, 0.2) is 29.4 Å². The Labute approximate surface area is 121 Å². The van der Waals surface area contributed by atoms with Gasteiger partial charge in [-0.3, -0.25) is 0 Å². The number of rotatable bonds is 1. The normalized spacial score (nSPS) is 15.9. The van der Waals surface area contributed by atoms with Gasteiger partial charge in [-0.05, 0) is 18.2 Å². The van der Waals surface area contributed by atoms with Crippen LogP contribution in [-0.2, 0) is 6.54 Å². The van der Waals surface area contributed by atoms with Crippen LogP contribution in [0.1, 0.15) is 17.5 Å². The summed E-state index contributed by atoms with van der Waals surface area (Å²) < 4.78 is 12.9. The monoisotopic (exact) mass is 280 g/mol. The molecule has 4 rings (SSSR count). The van der Waals surface area contributed by atoms with Gasteiger partial charge in [0.1, 0.15) is 24.8 Å². The fraction of sp³-hybridized carbons (Fsp3) is 0.267. The number of nitriles is 1. The van der Waals surface area contributed by atoms with Crippen molar-refractivity contribution in [2.45, 2.75) is 13.0 Å². The molecule has 0 atom stereocenters. The van der Waals surface area contributed by atoms with Crippen molar-refractivity contribution in [1.29, 1.82) is 5.26 Å². The molecule has 0 bridgehead atoms. The second kappa shape index (κ2) is 4.63. The van der Waals surface area contributed by atoms with Crippen molar-refractivity contribution in [3.63, 3.8) is 0 Å². The van der Waals surface area contributed by atoms with E-state index in [1.807, 2.05) is 18.2 Å². The smallest absolute Gasteiger partial charge is 0.168 e. The molecule has 0 spiro atoms. The van der Waals surface area contributed by atoms with E-state index in [-0.39, 0.29) is 0 Å². The van der Waals surface area contributed by atoms with E-state index in [0.717, 1.165) is 35.7 Å². The zero-order valence-electron chi connectivity index (χ0n) is 11.2. The van der Waals surface area contributed by atoms with Gasteiger partial charge in [0.25, 0.3) is 0 Å². The lowest BCUT2D eigenvalue weighted by Gasteiger charge is -2.20. The standard InChI is InChI=1S/C15H12N4O2/c16-8-11-9-17-19-4-3-12(18-15(11)19)10-1-2-13-14(7-10)21-6-5-20-13/h1-2,7,9H,3-6H2. The number of aliphatic imine (C=N–C) groups is 1. The van der Waals surface area contributed by atoms with E-state index < -0.39 is 0 Å². The fourth-order valence-electron chi connectivity index (χ4n) is 2.57. The second-order valence-corrected chi connectivity index (χ2v) is 4.88. The minimum absolute atomic E-state index is 0.504. The van der Waals surface area contributed by atoms with Gasteiger partial charge in [-0.15, -0.1) is 0 Å². The Kier molecular flexibility index (Phi) is 2.64. The predicted molar refractivity (Wildman–Crippen MR) is 75.2 cm³/mol. The summed E-state index contributed by atoms with van der Waals surface area (Å²) in [5.41, 5.74) is 2.44. The van der Waals surface area contributed by atoms with Crippen LogP contribution in [0.25, 0.3) is 0 Å². The number of hydrogen-bond donors (Lipinski definition) is 0. The van der Waals surface area contributed by atoms with Gasteiger partial charge in [0.15, 0.2) is 17.3 Å². The van der Waals surface area contributed by atoms with Crippen LogP contribution in [-0.4, -0.2) is 28.7 Å². The summed E-state index contributed by atoms with van der Waals surface area (Å²) in [5.74, 6) is 2.15. The van der Waals surface area contributed by atoms with Gasteiger partial charge < -0.3 is 9.47 Å². The molecule has 21 heavy (non-hydrogen) atoms. The fourth-order valence-corrected chi connectivity index (χ4v) is 2.57. The third-order valence-electron chi connectivity index (χ3n) is 3.61. The Balaban J connectivity index is 1.76. The molecule has 2 aliphatic rings. The van der Waals surface area contributed by atoms with Gasteiger partial charge in [-0.2, -0.15) is 10.4 Å². The van der Waals surface area contributed by atoms with Crippen LogP contribution in [0.5, 0.6) is 11.5 Å². The van der Waals surface area contributed by atoms with Gasteiger partial charge in [-0.1, -0.05) is 0 Å². The SMILES string of the molecule is N#Cc1cnn2c1N=C(c1ccc3c(c1)OCCO3)CC2. The van der Waals surface area contributed by atoms with E-state index in [0.29, 0.717) is 24.6 Å². The second-order valence-electron chi connectivity index (χ2n) is 4.88. The summed E-state index contributed by atoms with van der Waals surface area (Å²) in [6.45, 7) is 1.87. The van der Waals surface area contributed by atoms with Crippen LogP contribution in [0.4, 0.5) is 5.82 Å². The van der Waals surface area contributed by atoms with Crippen molar-refractivity contribution in [3.05, 3.63) is 35.5 Å². The highest BCUT2D eigenvalue weighted by Gasteiger charge is 2.19. The molecule has 0 unspecified atom stereocenters. The van der Waals surface area contributed by atoms with E-state index in [9.17, 15) is 0 Å². The van der Waals surface area contributed by atoms with Crippen molar-refractivity contribution in [3.8, 4) is 17.6 Å². The van der Waals surface area contributed by atoms with E-state index >= 15 is 0 Å². The minimum Gasteiger partial charge on any atom is -0.486 e. The van der Waals surface area contributed by atoms with Crippen LogP contribution >= 0.6 is 0 Å². The molecular formula is C15H12N4O2. The summed E-state index contributed by atoms with van der Waals surface area (Å²) in [6, 6.07) is 7.95. The van der Waals surface area contributed by atoms with E-state index in [4.69, 9.17) is 14.7 Å². The molecule has 0 saturated heterocycles. The molecule has 0 saturated carbocycles. The molecular weight excluding hydrogens is 268 g/mol. The maximum Gasteiger partial charge on any atom is 0.168 e.